The van der Waals surface area contributed by atoms with E-state index in [1.165, 1.54) is 23.8 Å². The molecule has 10 nitrogen and oxygen atoms in total. The third-order valence-corrected chi connectivity index (χ3v) is 7.27. The summed E-state index contributed by atoms with van der Waals surface area (Å²) in [7, 11) is 3.15. The number of thiophene rings is 1. The summed E-state index contributed by atoms with van der Waals surface area (Å²) in [5.74, 6) is 0.899. The van der Waals surface area contributed by atoms with E-state index in [1.54, 1.807) is 31.3 Å². The highest BCUT2D eigenvalue weighted by atomic mass is 32.1. The molecule has 0 fully saturated rings. The fraction of sp³-hybridized carbons (Fsp3) is 0.400. The maximum atomic E-state index is 13.2. The summed E-state index contributed by atoms with van der Waals surface area (Å²) in [6.07, 6.45) is 4.79. The number of amidine groups is 1. The van der Waals surface area contributed by atoms with Crippen LogP contribution in [0, 0.1) is 5.92 Å². The summed E-state index contributed by atoms with van der Waals surface area (Å²) in [5, 5.41) is 19.0. The molecule has 0 aliphatic heterocycles. The Morgan fingerprint density at radius 3 is 2.81 bits per heavy atom. The predicted molar refractivity (Wildman–Crippen MR) is 145 cm³/mol. The van der Waals surface area contributed by atoms with Gasteiger partial charge in [-0.05, 0) is 30.9 Å². The number of benzene rings is 1. The molecular weight excluding hydrogens is 480 g/mol. The van der Waals surface area contributed by atoms with E-state index in [2.05, 4.69) is 16.9 Å². The molecule has 194 valence electrons. The fourth-order valence-electron chi connectivity index (χ4n) is 4.39. The van der Waals surface area contributed by atoms with Gasteiger partial charge in [0.25, 0.3) is 0 Å². The Kier molecular flexibility index (Phi) is 9.45. The van der Waals surface area contributed by atoms with Crippen LogP contribution in [-0.4, -0.2) is 68.5 Å². The summed E-state index contributed by atoms with van der Waals surface area (Å²) in [5.41, 5.74) is 16.2. The number of hydrogen-bond donors (Lipinski definition) is 5. The lowest BCUT2D eigenvalue weighted by atomic mass is 9.86. The van der Waals surface area contributed by atoms with Crippen molar-refractivity contribution in [3.63, 3.8) is 0 Å². The van der Waals surface area contributed by atoms with Gasteiger partial charge in [0.1, 0.15) is 11.6 Å². The maximum absolute atomic E-state index is 13.2. The summed E-state index contributed by atoms with van der Waals surface area (Å²) >= 11 is 1.47. The second-order valence-corrected chi connectivity index (χ2v) is 9.49. The lowest BCUT2D eigenvalue weighted by Crippen LogP contribution is -2.41. The Morgan fingerprint density at radius 2 is 2.17 bits per heavy atom. The van der Waals surface area contributed by atoms with Gasteiger partial charge in [-0.1, -0.05) is 6.58 Å². The van der Waals surface area contributed by atoms with Gasteiger partial charge >= 0.3 is 0 Å². The number of fused-ring (bicyclic) bond motifs is 1. The van der Waals surface area contributed by atoms with Gasteiger partial charge < -0.3 is 36.3 Å². The van der Waals surface area contributed by atoms with Gasteiger partial charge in [0, 0.05) is 48.9 Å². The molecule has 0 saturated heterocycles. The standard InChI is InChI=1S/C25H34N6O4S/c1-4-29-24(30-19-11-16(14-26)18(27)13-20(19)35-3)22-17-6-5-15(12-21(17)36-23(22)28)25(33)31(7-9-32)8-10-34-2/h4,11,13-15,26,32H,1,5-10,12,27-28H2,2-3H3,(H,29,30)/p+1/t15-/m0/s1. The number of aliphatic hydroxyl groups excluding tert-OH is 1. The second kappa shape index (κ2) is 12.5. The minimum Gasteiger partial charge on any atom is -0.494 e. The molecule has 3 rings (SSSR count). The van der Waals surface area contributed by atoms with Crippen LogP contribution >= 0.6 is 11.3 Å². The highest BCUT2D eigenvalue weighted by Crippen LogP contribution is 2.40. The number of nitrogens with zero attached hydrogens (tertiary/aromatic N) is 2. The highest BCUT2D eigenvalue weighted by molar-refractivity contribution is 7.16. The van der Waals surface area contributed by atoms with E-state index in [0.29, 0.717) is 65.9 Å². The number of anilines is 3. The number of rotatable bonds is 11. The van der Waals surface area contributed by atoms with Gasteiger partial charge in [-0.15, -0.1) is 11.3 Å². The molecule has 1 amide bonds. The van der Waals surface area contributed by atoms with Crippen LogP contribution in [0.2, 0.25) is 0 Å². The predicted octanol–water partition coefficient (Wildman–Crippen LogP) is 0.674. The Labute approximate surface area is 215 Å². The molecular formula is C25H35N6O4S+. The van der Waals surface area contributed by atoms with Crippen molar-refractivity contribution >= 4 is 45.7 Å². The number of ether oxygens (including phenoxy) is 2. The van der Waals surface area contributed by atoms with Crippen LogP contribution in [0.25, 0.3) is 0 Å². The van der Waals surface area contributed by atoms with E-state index in [-0.39, 0.29) is 25.0 Å². The monoisotopic (exact) mass is 515 g/mol. The Hall–Kier alpha value is -3.41. The van der Waals surface area contributed by atoms with Crippen LogP contribution < -0.4 is 26.9 Å². The average molecular weight is 516 g/mol. The molecule has 2 aromatic rings. The average Bonchev–Trinajstić information content (AvgIpc) is 3.21. The minimum atomic E-state index is -0.181. The first kappa shape index (κ1) is 27.2. The summed E-state index contributed by atoms with van der Waals surface area (Å²) < 4.78 is 10.6. The first-order valence-electron chi connectivity index (χ1n) is 11.7. The molecule has 11 heteroatoms. The number of carbonyl (C=O) groups excluding carboxylic acids is 1. The van der Waals surface area contributed by atoms with Crippen LogP contribution in [0.3, 0.4) is 0 Å². The normalized spacial score (nSPS) is 15.2. The van der Waals surface area contributed by atoms with E-state index in [1.807, 2.05) is 0 Å². The van der Waals surface area contributed by atoms with E-state index >= 15 is 0 Å². The zero-order chi connectivity index (χ0) is 26.2. The Morgan fingerprint density at radius 1 is 1.39 bits per heavy atom. The number of nitrogens with two attached hydrogens (primary N) is 3. The largest absolute Gasteiger partial charge is 0.494 e. The van der Waals surface area contributed by atoms with Crippen molar-refractivity contribution in [2.75, 3.05) is 57.3 Å². The molecule has 0 bridgehead atoms. The second-order valence-electron chi connectivity index (χ2n) is 8.36. The van der Waals surface area contributed by atoms with Gasteiger partial charge in [-0.3, -0.25) is 10.2 Å². The van der Waals surface area contributed by atoms with Crippen molar-refractivity contribution < 1.29 is 24.8 Å². The van der Waals surface area contributed by atoms with Crippen molar-refractivity contribution in [3.05, 3.63) is 46.5 Å². The van der Waals surface area contributed by atoms with Crippen LogP contribution in [0.15, 0.2) is 29.9 Å². The molecule has 1 aliphatic rings. The molecule has 0 spiro atoms. The number of carbonyl (C=O) groups is 1. The van der Waals surface area contributed by atoms with Crippen LogP contribution in [-0.2, 0) is 22.4 Å². The summed E-state index contributed by atoms with van der Waals surface area (Å²) in [6, 6.07) is 3.48. The van der Waals surface area contributed by atoms with Crippen molar-refractivity contribution in [1.82, 2.24) is 4.90 Å². The number of nitrogens with one attached hydrogen (secondary N) is 1. The summed E-state index contributed by atoms with van der Waals surface area (Å²) in [4.78, 5) is 20.4. The zero-order valence-electron chi connectivity index (χ0n) is 20.8. The molecule has 1 aliphatic carbocycles. The van der Waals surface area contributed by atoms with E-state index in [9.17, 15) is 9.90 Å². The molecule has 1 heterocycles. The molecule has 36 heavy (non-hydrogen) atoms. The quantitative estimate of drug-likeness (QED) is 0.167. The molecule has 1 atom stereocenters. The SMILES string of the molecule is C=CN=C(Nc1cc(C=[NH2+])c(N)cc1OC)c1c(N)sc2c1CC[C@H](C(=O)N(CCO)CCOC)C2. The topological polar surface area (TPSA) is 161 Å². The lowest BCUT2D eigenvalue weighted by Gasteiger charge is -2.29. The summed E-state index contributed by atoms with van der Waals surface area (Å²) in [6.45, 7) is 4.82. The molecule has 1 aromatic heterocycles. The number of hydrogen-bond acceptors (Lipinski definition) is 8. The third kappa shape index (κ3) is 5.86. The molecule has 0 unspecified atom stereocenters. The number of aliphatic hydroxyl groups is 1. The Bertz CT molecular complexity index is 1150. The van der Waals surface area contributed by atoms with Crippen LogP contribution in [0.4, 0.5) is 16.4 Å². The van der Waals surface area contributed by atoms with Crippen molar-refractivity contribution in [1.29, 1.82) is 0 Å². The first-order valence-corrected chi connectivity index (χ1v) is 12.5. The van der Waals surface area contributed by atoms with Crippen molar-refractivity contribution in [2.45, 2.75) is 19.3 Å². The van der Waals surface area contributed by atoms with Gasteiger partial charge in [0.2, 0.25) is 5.91 Å². The zero-order valence-corrected chi connectivity index (χ0v) is 21.6. The van der Waals surface area contributed by atoms with Gasteiger partial charge in [-0.25, -0.2) is 4.99 Å². The van der Waals surface area contributed by atoms with Crippen LogP contribution in [0.1, 0.15) is 28.0 Å². The van der Waals surface area contributed by atoms with Crippen molar-refractivity contribution in [3.8, 4) is 5.75 Å². The van der Waals surface area contributed by atoms with E-state index in [0.717, 1.165) is 16.0 Å². The number of amides is 1. The smallest absolute Gasteiger partial charge is 0.226 e. The number of methoxy groups -OCH3 is 2. The van der Waals surface area contributed by atoms with E-state index < -0.39 is 0 Å². The first-order chi connectivity index (χ1) is 17.4. The maximum Gasteiger partial charge on any atom is 0.226 e. The van der Waals surface area contributed by atoms with E-state index in [4.69, 9.17) is 26.4 Å². The number of aliphatic imine (C=N–C) groups is 1. The molecule has 8 N–H and O–H groups in total. The van der Waals surface area contributed by atoms with Gasteiger partial charge in [-0.2, -0.15) is 0 Å². The third-order valence-electron chi connectivity index (χ3n) is 6.18. The Balaban J connectivity index is 1.91. The fourth-order valence-corrected chi connectivity index (χ4v) is 5.59. The van der Waals surface area contributed by atoms with Crippen LogP contribution in [0.5, 0.6) is 5.75 Å². The van der Waals surface area contributed by atoms with Crippen molar-refractivity contribution in [2.24, 2.45) is 10.9 Å². The minimum absolute atomic E-state index is 0.0237. The highest BCUT2D eigenvalue weighted by Gasteiger charge is 2.32. The molecule has 0 saturated carbocycles. The lowest BCUT2D eigenvalue weighted by molar-refractivity contribution is -0.137. The number of nitrogen functional groups attached to an aromatic ring is 2. The molecule has 0 radical (unpaired) electrons. The molecule has 1 aromatic carbocycles. The van der Waals surface area contributed by atoms with Gasteiger partial charge in [0.05, 0.1) is 42.1 Å². The van der Waals surface area contributed by atoms with Gasteiger partial charge in [0.15, 0.2) is 6.21 Å².